The molecule has 2 aliphatic carbocycles. The van der Waals surface area contributed by atoms with Crippen LogP contribution in [0.5, 0.6) is 0 Å². The summed E-state index contributed by atoms with van der Waals surface area (Å²) in [6, 6.07) is 4.97. The molecule has 3 amide bonds. The normalized spacial score (nSPS) is 31.2. The third kappa shape index (κ3) is 4.32. The number of hydrogen-bond acceptors (Lipinski definition) is 5. The van der Waals surface area contributed by atoms with Crippen LogP contribution in [0.3, 0.4) is 0 Å². The summed E-state index contributed by atoms with van der Waals surface area (Å²) in [5.74, 6) is -1.98. The molecule has 7 nitrogen and oxygen atoms in total. The molecular formula is C20H18Br3ClN2O5. The van der Waals surface area contributed by atoms with Crippen molar-refractivity contribution in [1.82, 2.24) is 4.90 Å². The minimum Gasteiger partial charge on any atom is -0.456 e. The maximum atomic E-state index is 12.8. The number of nitrogens with one attached hydrogen (secondary N) is 1. The average molecular weight is 642 g/mol. The molecule has 0 radical (unpaired) electrons. The van der Waals surface area contributed by atoms with Crippen molar-refractivity contribution in [2.45, 2.75) is 22.5 Å². The molecule has 1 aromatic rings. The minimum absolute atomic E-state index is 0.0387. The molecule has 166 valence electrons. The van der Waals surface area contributed by atoms with E-state index < -0.39 is 18.5 Å². The van der Waals surface area contributed by atoms with E-state index >= 15 is 0 Å². The molecule has 1 heterocycles. The van der Waals surface area contributed by atoms with Crippen molar-refractivity contribution in [2.75, 3.05) is 18.5 Å². The van der Waals surface area contributed by atoms with Crippen molar-refractivity contribution in [2.24, 2.45) is 23.7 Å². The fourth-order valence-electron chi connectivity index (χ4n) is 4.83. The van der Waals surface area contributed by atoms with Crippen molar-refractivity contribution < 1.29 is 23.9 Å². The van der Waals surface area contributed by atoms with Crippen LogP contribution >= 0.6 is 59.4 Å². The molecule has 3 fully saturated rings. The second-order valence-electron chi connectivity index (χ2n) is 7.91. The fraction of sp³-hybridized carbons (Fsp3) is 0.500. The maximum Gasteiger partial charge on any atom is 0.308 e. The van der Waals surface area contributed by atoms with Crippen molar-refractivity contribution in [3.05, 3.63) is 27.7 Å². The van der Waals surface area contributed by atoms with Gasteiger partial charge in [0.1, 0.15) is 0 Å². The topological polar surface area (TPSA) is 92.8 Å². The Labute approximate surface area is 208 Å². The molecule has 1 N–H and O–H groups in total. The van der Waals surface area contributed by atoms with Gasteiger partial charge in [0.2, 0.25) is 11.8 Å². The summed E-state index contributed by atoms with van der Waals surface area (Å²) in [6.07, 6.45) is 0.695. The van der Waals surface area contributed by atoms with E-state index in [1.54, 1.807) is 18.2 Å². The number of imide groups is 1. The zero-order valence-electron chi connectivity index (χ0n) is 16.0. The molecule has 11 heteroatoms. The van der Waals surface area contributed by atoms with Crippen LogP contribution in [0, 0.1) is 23.7 Å². The first kappa shape index (κ1) is 23.2. The molecule has 1 aliphatic heterocycles. The Balaban J connectivity index is 1.26. The molecular weight excluding hydrogens is 623 g/mol. The van der Waals surface area contributed by atoms with E-state index in [1.165, 1.54) is 4.90 Å². The van der Waals surface area contributed by atoms with Crippen LogP contribution in [-0.4, -0.2) is 51.4 Å². The van der Waals surface area contributed by atoms with Gasteiger partial charge in [-0.3, -0.25) is 24.1 Å². The van der Waals surface area contributed by atoms with Crippen LogP contribution in [0.4, 0.5) is 5.69 Å². The van der Waals surface area contributed by atoms with Crippen LogP contribution in [0.15, 0.2) is 22.7 Å². The lowest BCUT2D eigenvalue weighted by Crippen LogP contribution is -2.37. The second kappa shape index (κ2) is 9.11. The highest BCUT2D eigenvalue weighted by molar-refractivity contribution is 9.12. The van der Waals surface area contributed by atoms with Gasteiger partial charge in [-0.1, -0.05) is 59.4 Å². The number of alkyl halides is 2. The van der Waals surface area contributed by atoms with Gasteiger partial charge in [-0.2, -0.15) is 0 Å². The highest BCUT2D eigenvalue weighted by Crippen LogP contribution is 2.60. The molecule has 2 bridgehead atoms. The zero-order chi connectivity index (χ0) is 22.4. The number of nitrogens with zero attached hydrogens (tertiary/aromatic N) is 1. The number of carbonyl (C=O) groups excluding carboxylic acids is 4. The molecule has 31 heavy (non-hydrogen) atoms. The van der Waals surface area contributed by atoms with Crippen LogP contribution in [0.2, 0.25) is 5.02 Å². The third-order valence-electron chi connectivity index (χ3n) is 6.19. The fourth-order valence-corrected chi connectivity index (χ4v) is 7.42. The largest absolute Gasteiger partial charge is 0.456 e. The Morgan fingerprint density at radius 2 is 1.74 bits per heavy atom. The molecule has 4 rings (SSSR count). The number of carbonyl (C=O) groups is 4. The third-order valence-corrected chi connectivity index (χ3v) is 10.2. The molecule has 0 unspecified atom stereocenters. The number of anilines is 1. The van der Waals surface area contributed by atoms with E-state index in [-0.39, 0.29) is 58.1 Å². The number of esters is 1. The summed E-state index contributed by atoms with van der Waals surface area (Å²) in [6.45, 7) is -0.526. The Morgan fingerprint density at radius 1 is 1.13 bits per heavy atom. The first-order valence-electron chi connectivity index (χ1n) is 9.73. The Kier molecular flexibility index (Phi) is 6.82. The first-order valence-corrected chi connectivity index (χ1v) is 12.7. The molecule has 3 aliphatic rings. The average Bonchev–Trinajstić information content (AvgIpc) is 3.32. The number of hydrogen-bond donors (Lipinski definition) is 1. The van der Waals surface area contributed by atoms with E-state index in [2.05, 4.69) is 53.1 Å². The molecule has 1 aromatic carbocycles. The lowest BCUT2D eigenvalue weighted by atomic mass is 9.81. The van der Waals surface area contributed by atoms with Gasteiger partial charge in [0.25, 0.3) is 5.91 Å². The minimum atomic E-state index is -0.658. The number of benzene rings is 1. The van der Waals surface area contributed by atoms with Crippen LogP contribution < -0.4 is 5.32 Å². The van der Waals surface area contributed by atoms with E-state index in [9.17, 15) is 19.2 Å². The van der Waals surface area contributed by atoms with E-state index in [4.69, 9.17) is 16.3 Å². The molecule has 1 saturated heterocycles. The molecule has 2 saturated carbocycles. The second-order valence-corrected chi connectivity index (χ2v) is 11.4. The molecule has 0 spiro atoms. The maximum absolute atomic E-state index is 12.8. The summed E-state index contributed by atoms with van der Waals surface area (Å²) in [5.41, 5.74) is 0.399. The van der Waals surface area contributed by atoms with Gasteiger partial charge in [-0.05, 0) is 36.5 Å². The standard InChI is InChI=1S/C20H18Br3ClN2O5/c21-8-1-2-12(11(24)5-8)25-13(27)7-31-14(28)3-4-26-19(29)15-9-6-10(16(15)20(26)30)18(23)17(9)22/h1-2,5,9-10,15-18H,3-4,6-7H2,(H,25,27)/t9-,10-,15-,16-,17+,18+/m1/s1. The van der Waals surface area contributed by atoms with Gasteiger partial charge in [-0.25, -0.2) is 0 Å². The first-order chi connectivity index (χ1) is 14.7. The highest BCUT2D eigenvalue weighted by Gasteiger charge is 2.66. The summed E-state index contributed by atoms with van der Waals surface area (Å²) in [7, 11) is 0. The Hall–Kier alpha value is -0.970. The van der Waals surface area contributed by atoms with Gasteiger partial charge in [0.05, 0.1) is 29.0 Å². The van der Waals surface area contributed by atoms with Gasteiger partial charge in [0, 0.05) is 20.7 Å². The van der Waals surface area contributed by atoms with Crippen molar-refractivity contribution in [1.29, 1.82) is 0 Å². The van der Waals surface area contributed by atoms with Gasteiger partial charge < -0.3 is 10.1 Å². The summed E-state index contributed by atoms with van der Waals surface area (Å²) in [4.78, 5) is 51.2. The number of rotatable bonds is 6. The molecule has 6 atom stereocenters. The van der Waals surface area contributed by atoms with Gasteiger partial charge in [0.15, 0.2) is 6.61 Å². The lowest BCUT2D eigenvalue weighted by molar-refractivity contribution is -0.149. The predicted molar refractivity (Wildman–Crippen MR) is 124 cm³/mol. The van der Waals surface area contributed by atoms with Gasteiger partial charge in [-0.15, -0.1) is 0 Å². The quantitative estimate of drug-likeness (QED) is 0.291. The van der Waals surface area contributed by atoms with Crippen LogP contribution in [0.25, 0.3) is 0 Å². The van der Waals surface area contributed by atoms with E-state index in [0.717, 1.165) is 10.9 Å². The van der Waals surface area contributed by atoms with Crippen molar-refractivity contribution >= 4 is 88.8 Å². The number of amides is 3. The summed E-state index contributed by atoms with van der Waals surface area (Å²) in [5, 5.41) is 2.90. The summed E-state index contributed by atoms with van der Waals surface area (Å²) >= 11 is 16.6. The summed E-state index contributed by atoms with van der Waals surface area (Å²) < 4.78 is 5.75. The zero-order valence-corrected chi connectivity index (χ0v) is 21.5. The molecule has 0 aromatic heterocycles. The van der Waals surface area contributed by atoms with Crippen molar-refractivity contribution in [3.8, 4) is 0 Å². The SMILES string of the molecule is O=C(COC(=O)CCN1C(=O)[C@@H]2[C@H]3C[C@@H]([C@H](Br)[C@H]3Br)[C@H]2C1=O)Nc1ccc(Br)cc1Cl. The lowest BCUT2D eigenvalue weighted by Gasteiger charge is -2.28. The Morgan fingerprint density at radius 3 is 2.32 bits per heavy atom. The van der Waals surface area contributed by atoms with E-state index in [0.29, 0.717) is 10.7 Å². The van der Waals surface area contributed by atoms with Crippen LogP contribution in [-0.2, 0) is 23.9 Å². The van der Waals surface area contributed by atoms with Crippen molar-refractivity contribution in [3.63, 3.8) is 0 Å². The monoisotopic (exact) mass is 638 g/mol. The number of ether oxygens (including phenoxy) is 1. The number of halogens is 4. The highest BCUT2D eigenvalue weighted by atomic mass is 79.9. The number of fused-ring (bicyclic) bond motifs is 5. The van der Waals surface area contributed by atoms with Gasteiger partial charge >= 0.3 is 5.97 Å². The van der Waals surface area contributed by atoms with Crippen LogP contribution in [0.1, 0.15) is 12.8 Å². The predicted octanol–water partition coefficient (Wildman–Crippen LogP) is 3.75. The smallest absolute Gasteiger partial charge is 0.308 e. The number of likely N-dealkylation sites (tertiary alicyclic amines) is 1. The van der Waals surface area contributed by atoms with E-state index in [1.807, 2.05) is 0 Å². The Bertz CT molecular complexity index is 929.